The summed E-state index contributed by atoms with van der Waals surface area (Å²) in [5.74, 6) is 0.293. The van der Waals surface area contributed by atoms with Gasteiger partial charge in [0.1, 0.15) is 0 Å². The van der Waals surface area contributed by atoms with Crippen molar-refractivity contribution in [2.24, 2.45) is 5.92 Å². The number of hydrogen-bond donors (Lipinski definition) is 0. The van der Waals surface area contributed by atoms with Crippen LogP contribution in [0.4, 0.5) is 34.1 Å². The summed E-state index contributed by atoms with van der Waals surface area (Å²) in [6.45, 7) is 2.39. The number of para-hydroxylation sites is 3. The van der Waals surface area contributed by atoms with Gasteiger partial charge in [-0.15, -0.1) is 0 Å². The second kappa shape index (κ2) is 15.4. The molecule has 4 heterocycles. The molecule has 0 saturated carbocycles. The smallest absolute Gasteiger partial charge is 0.0659 e. The van der Waals surface area contributed by atoms with Gasteiger partial charge in [0.2, 0.25) is 0 Å². The highest BCUT2D eigenvalue weighted by Gasteiger charge is 2.39. The van der Waals surface area contributed by atoms with Crippen molar-refractivity contribution in [1.29, 1.82) is 0 Å². The second-order valence-electron chi connectivity index (χ2n) is 19.3. The van der Waals surface area contributed by atoms with Crippen LogP contribution in [0.1, 0.15) is 18.5 Å². The van der Waals surface area contributed by atoms with Crippen LogP contribution in [0.5, 0.6) is 0 Å². The van der Waals surface area contributed by atoms with Crippen molar-refractivity contribution in [3.05, 3.63) is 254 Å². The number of rotatable bonds is 8. The molecule has 0 saturated heterocycles. The van der Waals surface area contributed by atoms with Gasteiger partial charge in [-0.3, -0.25) is 0 Å². The molecule has 0 spiro atoms. The molecule has 13 aromatic rings. The number of anilines is 6. The van der Waals surface area contributed by atoms with Crippen LogP contribution in [0, 0.1) is 5.92 Å². The first kappa shape index (κ1) is 39.8. The Morgan fingerprint density at radius 3 is 1.54 bits per heavy atom. The fourth-order valence-electron chi connectivity index (χ4n) is 12.4. The van der Waals surface area contributed by atoms with Crippen LogP contribution in [0.2, 0.25) is 0 Å². The molecule has 0 radical (unpaired) electrons. The molecule has 0 amide bonds. The SMILES string of the molecule is CC1C=CC=C2c3c(N(c4ccccc4)c4cccc(-c5ccccc5)c4)ccc4c5cc6c(cc5n(c34)C21)c1ccc(N(c2ccccc2)c2cccc(-c3ccccc3)c2)c2c3ccccc3n6c12. The molecule has 2 aliphatic rings. The Morgan fingerprint density at radius 2 is 0.887 bits per heavy atom. The number of fused-ring (bicyclic) bond motifs is 12. The maximum atomic E-state index is 2.70. The summed E-state index contributed by atoms with van der Waals surface area (Å²) in [6.07, 6.45) is 7.05. The van der Waals surface area contributed by atoms with Gasteiger partial charge in [-0.2, -0.15) is 0 Å². The molecule has 1 aliphatic heterocycles. The molecule has 2 unspecified atom stereocenters. The minimum Gasteiger partial charge on any atom is -0.332 e. The summed E-state index contributed by atoms with van der Waals surface area (Å²) in [5, 5.41) is 7.61. The maximum Gasteiger partial charge on any atom is 0.0659 e. The molecule has 0 fully saturated rings. The normalized spacial score (nSPS) is 15.1. The Morgan fingerprint density at radius 1 is 0.380 bits per heavy atom. The van der Waals surface area contributed by atoms with E-state index in [2.05, 4.69) is 274 Å². The summed E-state index contributed by atoms with van der Waals surface area (Å²) in [6, 6.07) is 84.9. The van der Waals surface area contributed by atoms with Gasteiger partial charge in [-0.05, 0) is 113 Å². The van der Waals surface area contributed by atoms with Crippen LogP contribution in [-0.4, -0.2) is 8.97 Å². The van der Waals surface area contributed by atoms with Crippen LogP contribution in [0.25, 0.3) is 87.7 Å². The lowest BCUT2D eigenvalue weighted by atomic mass is 9.86. The number of allylic oxidation sites excluding steroid dienone is 4. The Hall–Kier alpha value is -9.12. The largest absolute Gasteiger partial charge is 0.332 e. The minimum absolute atomic E-state index is 0.150. The van der Waals surface area contributed by atoms with Gasteiger partial charge in [0.15, 0.2) is 0 Å². The first-order valence-corrected chi connectivity index (χ1v) is 24.8. The second-order valence-corrected chi connectivity index (χ2v) is 19.3. The molecule has 334 valence electrons. The third kappa shape index (κ3) is 5.85. The van der Waals surface area contributed by atoms with E-state index in [9.17, 15) is 0 Å². The van der Waals surface area contributed by atoms with Crippen LogP contribution in [-0.2, 0) is 0 Å². The predicted octanol–water partition coefficient (Wildman–Crippen LogP) is 18.4. The highest BCUT2D eigenvalue weighted by molar-refractivity contribution is 6.30. The fraction of sp³-hybridized carbons (Fsp3) is 0.0448. The predicted molar refractivity (Wildman–Crippen MR) is 300 cm³/mol. The van der Waals surface area contributed by atoms with Crippen molar-refractivity contribution in [3.8, 4) is 22.3 Å². The zero-order chi connectivity index (χ0) is 46.7. The lowest BCUT2D eigenvalue weighted by molar-refractivity contribution is 0.536. The summed E-state index contributed by atoms with van der Waals surface area (Å²) in [7, 11) is 0. The zero-order valence-corrected chi connectivity index (χ0v) is 39.1. The van der Waals surface area contributed by atoms with Crippen molar-refractivity contribution in [2.75, 3.05) is 9.80 Å². The molecule has 71 heavy (non-hydrogen) atoms. The molecule has 0 bridgehead atoms. The summed E-state index contributed by atoms with van der Waals surface area (Å²) >= 11 is 0. The molecular weight excluding hydrogens is 861 g/mol. The van der Waals surface area contributed by atoms with Gasteiger partial charge in [-0.1, -0.05) is 177 Å². The van der Waals surface area contributed by atoms with Gasteiger partial charge in [0.25, 0.3) is 0 Å². The Bertz CT molecular complexity index is 4300. The molecule has 4 nitrogen and oxygen atoms in total. The third-order valence-electron chi connectivity index (χ3n) is 15.4. The van der Waals surface area contributed by atoms with Gasteiger partial charge in [-0.25, -0.2) is 0 Å². The maximum absolute atomic E-state index is 2.70. The van der Waals surface area contributed by atoms with Gasteiger partial charge in [0.05, 0.1) is 45.0 Å². The number of hydrogen-bond acceptors (Lipinski definition) is 2. The third-order valence-corrected chi connectivity index (χ3v) is 15.4. The standard InChI is InChI=1S/C67H46N4/c1-43-19-16-33-55-64-60(69(49-28-12-5-13-29-49)51-31-18-25-47(40-51)45-22-8-3-9-23-45)38-36-53-57-41-61-56(42-62(57)71(65(43)55)67(53)64)52-35-37-59(63-54-32-14-15-34-58(54)70(61)66(52)63)68(48-26-10-4-11-27-48)50-30-17-24-46(39-50)44-20-6-2-7-21-44/h2-43,65H,1H3. The van der Waals surface area contributed by atoms with Gasteiger partial charge >= 0.3 is 0 Å². The Labute approximate surface area is 411 Å². The summed E-state index contributed by atoms with van der Waals surface area (Å²) < 4.78 is 5.25. The molecule has 1 aliphatic carbocycles. The van der Waals surface area contributed by atoms with Crippen molar-refractivity contribution in [3.63, 3.8) is 0 Å². The van der Waals surface area contributed by atoms with Crippen molar-refractivity contribution < 1.29 is 0 Å². The van der Waals surface area contributed by atoms with Crippen molar-refractivity contribution in [1.82, 2.24) is 8.97 Å². The lowest BCUT2D eigenvalue weighted by Crippen LogP contribution is -2.15. The molecule has 2 atom stereocenters. The van der Waals surface area contributed by atoms with E-state index in [0.717, 1.165) is 28.4 Å². The van der Waals surface area contributed by atoms with Crippen molar-refractivity contribution in [2.45, 2.75) is 13.0 Å². The van der Waals surface area contributed by atoms with Crippen LogP contribution in [0.15, 0.2) is 249 Å². The van der Waals surface area contributed by atoms with E-state index < -0.39 is 0 Å². The quantitative estimate of drug-likeness (QED) is 0.151. The molecule has 4 heteroatoms. The van der Waals surface area contributed by atoms with Crippen LogP contribution in [0.3, 0.4) is 0 Å². The topological polar surface area (TPSA) is 15.8 Å². The van der Waals surface area contributed by atoms with Crippen LogP contribution >= 0.6 is 0 Å². The summed E-state index contributed by atoms with van der Waals surface area (Å²) in [5.41, 5.74) is 20.6. The van der Waals surface area contributed by atoms with E-state index in [-0.39, 0.29) is 6.04 Å². The molecule has 15 rings (SSSR count). The van der Waals surface area contributed by atoms with E-state index in [1.807, 2.05) is 0 Å². The van der Waals surface area contributed by atoms with E-state index >= 15 is 0 Å². The van der Waals surface area contributed by atoms with E-state index in [1.54, 1.807) is 0 Å². The number of benzene rings is 10. The summed E-state index contributed by atoms with van der Waals surface area (Å²) in [4.78, 5) is 4.93. The fourth-order valence-corrected chi connectivity index (χ4v) is 12.4. The average molecular weight is 907 g/mol. The van der Waals surface area contributed by atoms with Crippen LogP contribution < -0.4 is 9.80 Å². The first-order valence-electron chi connectivity index (χ1n) is 24.8. The van der Waals surface area contributed by atoms with E-state index in [4.69, 9.17) is 0 Å². The Balaban J connectivity index is 0.983. The molecule has 3 aromatic heterocycles. The van der Waals surface area contributed by atoms with E-state index in [1.165, 1.54) is 99.0 Å². The molecule has 10 aromatic carbocycles. The number of aromatic nitrogens is 2. The molecular formula is C67H46N4. The number of nitrogens with zero attached hydrogens (tertiary/aromatic N) is 4. The monoisotopic (exact) mass is 906 g/mol. The lowest BCUT2D eigenvalue weighted by Gasteiger charge is -2.29. The average Bonchev–Trinajstić information content (AvgIpc) is 4.17. The van der Waals surface area contributed by atoms with Gasteiger partial charge in [0, 0.05) is 60.6 Å². The highest BCUT2D eigenvalue weighted by atomic mass is 15.2. The van der Waals surface area contributed by atoms with Gasteiger partial charge < -0.3 is 18.8 Å². The van der Waals surface area contributed by atoms with Crippen molar-refractivity contribution >= 4 is 99.6 Å². The first-order chi connectivity index (χ1) is 35.2. The van der Waals surface area contributed by atoms with E-state index in [0.29, 0.717) is 5.92 Å². The Kier molecular flexibility index (Phi) is 8.67. The minimum atomic E-state index is 0.150. The zero-order valence-electron chi connectivity index (χ0n) is 39.1. The molecule has 0 N–H and O–H groups in total. The highest BCUT2D eigenvalue weighted by Crippen LogP contribution is 2.57.